The lowest BCUT2D eigenvalue weighted by molar-refractivity contribution is -0.120. The number of halogens is 2. The SMILES string of the molecule is CCN(CC)S(=O)(=O)c1ccc(NC(=O)[C@H]2CCCN(S(=O)(=O)Cc3ccc(Cl)c(Cl)c3)C2)cc1. The van der Waals surface area contributed by atoms with Crippen LogP contribution in [-0.2, 0) is 30.6 Å². The van der Waals surface area contributed by atoms with Crippen molar-refractivity contribution in [1.82, 2.24) is 8.61 Å². The summed E-state index contributed by atoms with van der Waals surface area (Å²) in [6.45, 7) is 4.68. The third kappa shape index (κ3) is 6.75. The molecule has 192 valence electrons. The maximum atomic E-state index is 13.0. The Labute approximate surface area is 217 Å². The summed E-state index contributed by atoms with van der Waals surface area (Å²) in [6, 6.07) is 10.7. The van der Waals surface area contributed by atoms with E-state index in [0.29, 0.717) is 48.7 Å². The number of hydrogen-bond donors (Lipinski definition) is 1. The Morgan fingerprint density at radius 1 is 1.03 bits per heavy atom. The fourth-order valence-corrected chi connectivity index (χ4v) is 7.38. The van der Waals surface area contributed by atoms with Gasteiger partial charge in [0.2, 0.25) is 26.0 Å². The van der Waals surface area contributed by atoms with Gasteiger partial charge >= 0.3 is 0 Å². The fourth-order valence-electron chi connectivity index (χ4n) is 4.01. The number of nitrogens with one attached hydrogen (secondary N) is 1. The van der Waals surface area contributed by atoms with Gasteiger partial charge in [-0.3, -0.25) is 4.79 Å². The molecular formula is C23H29Cl2N3O5S2. The Balaban J connectivity index is 1.65. The van der Waals surface area contributed by atoms with E-state index in [2.05, 4.69) is 5.32 Å². The third-order valence-electron chi connectivity index (χ3n) is 5.95. The molecule has 1 amide bonds. The lowest BCUT2D eigenvalue weighted by Crippen LogP contribution is -2.44. The third-order valence-corrected chi connectivity index (χ3v) is 10.6. The molecule has 0 radical (unpaired) electrons. The van der Waals surface area contributed by atoms with Gasteiger partial charge < -0.3 is 5.32 Å². The second kappa shape index (κ2) is 11.6. The van der Waals surface area contributed by atoms with Crippen LogP contribution in [0.25, 0.3) is 0 Å². The van der Waals surface area contributed by atoms with Gasteiger partial charge in [0.25, 0.3) is 0 Å². The molecule has 2 aromatic carbocycles. The van der Waals surface area contributed by atoms with E-state index in [-0.39, 0.29) is 28.1 Å². The van der Waals surface area contributed by atoms with Crippen molar-refractivity contribution >= 4 is 54.8 Å². The smallest absolute Gasteiger partial charge is 0.243 e. The Bertz CT molecular complexity index is 1260. The maximum Gasteiger partial charge on any atom is 0.243 e. The molecule has 0 bridgehead atoms. The normalized spacial score (nSPS) is 17.5. The Morgan fingerprint density at radius 2 is 1.69 bits per heavy atom. The Morgan fingerprint density at radius 3 is 2.29 bits per heavy atom. The van der Waals surface area contributed by atoms with Crippen molar-refractivity contribution in [3.8, 4) is 0 Å². The van der Waals surface area contributed by atoms with Crippen LogP contribution >= 0.6 is 23.2 Å². The first kappa shape index (κ1) is 27.9. The molecule has 1 N–H and O–H groups in total. The second-order valence-electron chi connectivity index (χ2n) is 8.30. The topological polar surface area (TPSA) is 104 Å². The standard InChI is InChI=1S/C23H29Cl2N3O5S2/c1-3-27(4-2)35(32,33)20-10-8-19(9-11-20)26-23(29)18-6-5-13-28(15-18)34(30,31)16-17-7-12-21(24)22(25)14-17/h7-12,14,18H,3-6,13,15-16H2,1-2H3,(H,26,29)/t18-/m0/s1. The van der Waals surface area contributed by atoms with Crippen molar-refractivity contribution in [2.45, 2.75) is 37.3 Å². The van der Waals surface area contributed by atoms with Gasteiger partial charge in [0, 0.05) is 31.9 Å². The van der Waals surface area contributed by atoms with Crippen molar-refractivity contribution in [1.29, 1.82) is 0 Å². The number of hydrogen-bond acceptors (Lipinski definition) is 5. The van der Waals surface area contributed by atoms with Crippen molar-refractivity contribution in [2.75, 3.05) is 31.5 Å². The molecule has 0 saturated carbocycles. The number of anilines is 1. The highest BCUT2D eigenvalue weighted by molar-refractivity contribution is 7.89. The highest BCUT2D eigenvalue weighted by Gasteiger charge is 2.32. The van der Waals surface area contributed by atoms with Gasteiger partial charge in [0.1, 0.15) is 0 Å². The molecule has 1 aliphatic rings. The van der Waals surface area contributed by atoms with E-state index in [0.717, 1.165) is 0 Å². The molecule has 1 atom stereocenters. The predicted octanol–water partition coefficient (Wildman–Crippen LogP) is 4.20. The average molecular weight is 563 g/mol. The van der Waals surface area contributed by atoms with Crippen LogP contribution in [0.2, 0.25) is 10.0 Å². The zero-order valence-electron chi connectivity index (χ0n) is 19.6. The highest BCUT2D eigenvalue weighted by atomic mass is 35.5. The summed E-state index contributed by atoms with van der Waals surface area (Å²) in [5.41, 5.74) is 0.968. The molecule has 1 fully saturated rings. The van der Waals surface area contributed by atoms with Crippen molar-refractivity contribution in [3.63, 3.8) is 0 Å². The van der Waals surface area contributed by atoms with Crippen LogP contribution < -0.4 is 5.32 Å². The number of carbonyl (C=O) groups excluding carboxylic acids is 1. The van der Waals surface area contributed by atoms with E-state index in [4.69, 9.17) is 23.2 Å². The van der Waals surface area contributed by atoms with Crippen LogP contribution in [0.5, 0.6) is 0 Å². The van der Waals surface area contributed by atoms with Gasteiger partial charge in [0.15, 0.2) is 0 Å². The number of sulfonamides is 2. The maximum absolute atomic E-state index is 13.0. The van der Waals surface area contributed by atoms with Crippen LogP contribution in [0.1, 0.15) is 32.3 Å². The minimum absolute atomic E-state index is 0.0733. The zero-order valence-corrected chi connectivity index (χ0v) is 22.7. The van der Waals surface area contributed by atoms with E-state index < -0.39 is 26.0 Å². The zero-order chi connectivity index (χ0) is 25.8. The number of nitrogens with zero attached hydrogens (tertiary/aromatic N) is 2. The van der Waals surface area contributed by atoms with Gasteiger partial charge in [-0.2, -0.15) is 4.31 Å². The first-order valence-electron chi connectivity index (χ1n) is 11.3. The lowest BCUT2D eigenvalue weighted by Gasteiger charge is -2.31. The summed E-state index contributed by atoms with van der Waals surface area (Å²) in [5.74, 6) is -1.06. The first-order chi connectivity index (χ1) is 16.5. The van der Waals surface area contributed by atoms with Crippen LogP contribution in [0, 0.1) is 5.92 Å². The molecule has 1 aliphatic heterocycles. The molecule has 1 heterocycles. The molecule has 0 unspecified atom stereocenters. The van der Waals surface area contributed by atoms with Gasteiger partial charge in [-0.1, -0.05) is 43.1 Å². The molecule has 3 rings (SSSR count). The summed E-state index contributed by atoms with van der Waals surface area (Å²) in [5, 5.41) is 3.41. The molecule has 12 heteroatoms. The largest absolute Gasteiger partial charge is 0.326 e. The summed E-state index contributed by atoms with van der Waals surface area (Å²) in [6.07, 6.45) is 1.11. The molecule has 0 aliphatic carbocycles. The van der Waals surface area contributed by atoms with E-state index >= 15 is 0 Å². The summed E-state index contributed by atoms with van der Waals surface area (Å²) < 4.78 is 53.9. The highest BCUT2D eigenvalue weighted by Crippen LogP contribution is 2.27. The fraction of sp³-hybridized carbons (Fsp3) is 0.435. The van der Waals surface area contributed by atoms with E-state index in [9.17, 15) is 21.6 Å². The number of carbonyl (C=O) groups is 1. The summed E-state index contributed by atoms with van der Waals surface area (Å²) >= 11 is 11.9. The Hall–Kier alpha value is -1.69. The molecule has 0 spiro atoms. The summed E-state index contributed by atoms with van der Waals surface area (Å²) in [7, 11) is -7.25. The average Bonchev–Trinajstić information content (AvgIpc) is 2.82. The van der Waals surface area contributed by atoms with Crippen LogP contribution in [0.15, 0.2) is 47.4 Å². The van der Waals surface area contributed by atoms with Gasteiger partial charge in [-0.15, -0.1) is 0 Å². The van der Waals surface area contributed by atoms with Crippen molar-refractivity contribution in [3.05, 3.63) is 58.1 Å². The first-order valence-corrected chi connectivity index (χ1v) is 15.1. The minimum atomic E-state index is -3.66. The second-order valence-corrected chi connectivity index (χ2v) is 13.0. The molecule has 1 saturated heterocycles. The van der Waals surface area contributed by atoms with Gasteiger partial charge in [0.05, 0.1) is 26.6 Å². The molecule has 0 aromatic heterocycles. The molecule has 35 heavy (non-hydrogen) atoms. The van der Waals surface area contributed by atoms with Gasteiger partial charge in [-0.05, 0) is 54.8 Å². The van der Waals surface area contributed by atoms with E-state index in [1.54, 1.807) is 26.0 Å². The monoisotopic (exact) mass is 561 g/mol. The quantitative estimate of drug-likeness (QED) is 0.494. The van der Waals surface area contributed by atoms with E-state index in [1.807, 2.05) is 0 Å². The molecular weight excluding hydrogens is 533 g/mol. The number of piperidine rings is 1. The number of benzene rings is 2. The predicted molar refractivity (Wildman–Crippen MR) is 139 cm³/mol. The molecule has 8 nitrogen and oxygen atoms in total. The number of amides is 1. The van der Waals surface area contributed by atoms with E-state index in [1.165, 1.54) is 38.9 Å². The Kier molecular flexibility index (Phi) is 9.22. The van der Waals surface area contributed by atoms with Crippen molar-refractivity contribution < 1.29 is 21.6 Å². The molecule has 2 aromatic rings. The van der Waals surface area contributed by atoms with Crippen LogP contribution in [0.3, 0.4) is 0 Å². The van der Waals surface area contributed by atoms with Crippen molar-refractivity contribution in [2.24, 2.45) is 5.92 Å². The lowest BCUT2D eigenvalue weighted by atomic mass is 9.99. The van der Waals surface area contributed by atoms with Crippen LogP contribution in [-0.4, -0.2) is 57.5 Å². The van der Waals surface area contributed by atoms with Crippen LogP contribution in [0.4, 0.5) is 5.69 Å². The number of rotatable bonds is 9. The summed E-state index contributed by atoms with van der Waals surface area (Å²) in [4.78, 5) is 13.0. The minimum Gasteiger partial charge on any atom is -0.326 e. The van der Waals surface area contributed by atoms with Gasteiger partial charge in [-0.25, -0.2) is 21.1 Å².